The van der Waals surface area contributed by atoms with Crippen LogP contribution in [-0.2, 0) is 0 Å². The first-order valence-corrected chi connectivity index (χ1v) is 7.98. The maximum atomic E-state index is 12.5. The van der Waals surface area contributed by atoms with Crippen molar-refractivity contribution in [1.82, 2.24) is 5.32 Å². The van der Waals surface area contributed by atoms with Crippen molar-refractivity contribution in [2.24, 2.45) is 0 Å². The Morgan fingerprint density at radius 3 is 2.80 bits per heavy atom. The van der Waals surface area contributed by atoms with Crippen LogP contribution in [0.1, 0.15) is 16.8 Å². The molecule has 132 valence electrons. The van der Waals surface area contributed by atoms with Crippen molar-refractivity contribution in [2.75, 3.05) is 23.7 Å². The van der Waals surface area contributed by atoms with Gasteiger partial charge in [0.05, 0.1) is 5.69 Å². The molecule has 1 aliphatic rings. The summed E-state index contributed by atoms with van der Waals surface area (Å²) < 4.78 is 29.7. The number of para-hydroxylation sites is 2. The number of nitrogen functional groups attached to an aromatic ring is 1. The van der Waals surface area contributed by atoms with E-state index in [0.29, 0.717) is 30.0 Å². The van der Waals surface area contributed by atoms with E-state index in [1.165, 1.54) is 6.07 Å². The van der Waals surface area contributed by atoms with Crippen molar-refractivity contribution in [3.05, 3.63) is 54.1 Å². The van der Waals surface area contributed by atoms with Gasteiger partial charge in [-0.25, -0.2) is 0 Å². The molecule has 0 aliphatic carbocycles. The van der Waals surface area contributed by atoms with Crippen molar-refractivity contribution in [1.29, 1.82) is 0 Å². The number of carbonyl (C=O) groups excluding carboxylic acids is 1. The van der Waals surface area contributed by atoms with Crippen LogP contribution in [0.2, 0.25) is 0 Å². The van der Waals surface area contributed by atoms with Crippen LogP contribution in [-0.4, -0.2) is 31.7 Å². The highest BCUT2D eigenvalue weighted by atomic mass is 19.3. The first-order valence-electron chi connectivity index (χ1n) is 7.98. The van der Waals surface area contributed by atoms with Crippen molar-refractivity contribution in [3.63, 3.8) is 0 Å². The average Bonchev–Trinajstić information content (AvgIpc) is 3.03. The quantitative estimate of drug-likeness (QED) is 0.816. The van der Waals surface area contributed by atoms with Gasteiger partial charge in [-0.2, -0.15) is 8.78 Å². The van der Waals surface area contributed by atoms with E-state index in [-0.39, 0.29) is 17.7 Å². The highest BCUT2D eigenvalue weighted by Crippen LogP contribution is 2.31. The van der Waals surface area contributed by atoms with Gasteiger partial charge < -0.3 is 20.7 Å². The zero-order valence-corrected chi connectivity index (χ0v) is 13.5. The second-order valence-corrected chi connectivity index (χ2v) is 5.88. The Bertz CT molecular complexity index is 755. The molecule has 25 heavy (non-hydrogen) atoms. The normalized spacial score (nSPS) is 16.9. The van der Waals surface area contributed by atoms with Crippen LogP contribution in [0.3, 0.4) is 0 Å². The third-order valence-electron chi connectivity index (χ3n) is 4.09. The summed E-state index contributed by atoms with van der Waals surface area (Å²) >= 11 is 0. The van der Waals surface area contributed by atoms with Gasteiger partial charge in [0.25, 0.3) is 5.91 Å². The second-order valence-electron chi connectivity index (χ2n) is 5.88. The SMILES string of the molecule is Nc1cccc(C(=O)NC2CCN(c3ccccc3OC(F)F)C2)c1. The number of halogens is 2. The van der Waals surface area contributed by atoms with Crippen molar-refractivity contribution in [2.45, 2.75) is 19.1 Å². The summed E-state index contributed by atoms with van der Waals surface area (Å²) in [5.41, 5.74) is 7.32. The minimum Gasteiger partial charge on any atom is -0.433 e. The number of alkyl halides is 2. The molecule has 1 heterocycles. The van der Waals surface area contributed by atoms with E-state index in [1.54, 1.807) is 42.5 Å². The maximum Gasteiger partial charge on any atom is 0.387 e. The Balaban J connectivity index is 1.65. The molecule has 3 rings (SSSR count). The van der Waals surface area contributed by atoms with E-state index in [0.717, 1.165) is 6.42 Å². The van der Waals surface area contributed by atoms with E-state index in [4.69, 9.17) is 5.73 Å². The molecule has 0 saturated carbocycles. The molecule has 0 spiro atoms. The summed E-state index contributed by atoms with van der Waals surface area (Å²) in [6.45, 7) is -1.70. The molecule has 0 aromatic heterocycles. The van der Waals surface area contributed by atoms with Gasteiger partial charge >= 0.3 is 6.61 Å². The molecular weight excluding hydrogens is 328 g/mol. The second kappa shape index (κ2) is 7.38. The van der Waals surface area contributed by atoms with E-state index in [1.807, 2.05) is 4.90 Å². The Hall–Kier alpha value is -2.83. The number of amides is 1. The van der Waals surface area contributed by atoms with Crippen LogP contribution in [0.5, 0.6) is 5.75 Å². The van der Waals surface area contributed by atoms with E-state index >= 15 is 0 Å². The molecule has 0 bridgehead atoms. The minimum absolute atomic E-state index is 0.0754. The van der Waals surface area contributed by atoms with Gasteiger partial charge in [-0.1, -0.05) is 18.2 Å². The standard InChI is InChI=1S/C18H19F2N3O2/c19-18(20)25-16-7-2-1-6-15(16)23-9-8-14(11-23)22-17(24)12-4-3-5-13(21)10-12/h1-7,10,14,18H,8-9,11,21H2,(H,22,24). The summed E-state index contributed by atoms with van der Waals surface area (Å²) in [6, 6.07) is 13.4. The van der Waals surface area contributed by atoms with Crippen LogP contribution >= 0.6 is 0 Å². The largest absolute Gasteiger partial charge is 0.433 e. The zero-order chi connectivity index (χ0) is 17.8. The number of benzene rings is 2. The molecule has 1 fully saturated rings. The predicted molar refractivity (Wildman–Crippen MR) is 92.0 cm³/mol. The zero-order valence-electron chi connectivity index (χ0n) is 13.5. The lowest BCUT2D eigenvalue weighted by Crippen LogP contribution is -2.37. The molecule has 1 atom stereocenters. The summed E-state index contributed by atoms with van der Waals surface area (Å²) in [7, 11) is 0. The third kappa shape index (κ3) is 4.17. The lowest BCUT2D eigenvalue weighted by atomic mass is 10.1. The van der Waals surface area contributed by atoms with Crippen molar-refractivity contribution < 1.29 is 18.3 Å². The lowest BCUT2D eigenvalue weighted by Gasteiger charge is -2.22. The van der Waals surface area contributed by atoms with Crippen LogP contribution < -0.4 is 20.7 Å². The monoisotopic (exact) mass is 347 g/mol. The van der Waals surface area contributed by atoms with Crippen LogP contribution in [0.25, 0.3) is 0 Å². The van der Waals surface area contributed by atoms with Gasteiger partial charge in [-0.15, -0.1) is 0 Å². The Morgan fingerprint density at radius 2 is 2.04 bits per heavy atom. The molecule has 2 aromatic carbocycles. The minimum atomic E-state index is -2.87. The summed E-state index contributed by atoms with van der Waals surface area (Å²) in [5.74, 6) is -0.0587. The molecule has 2 aromatic rings. The van der Waals surface area contributed by atoms with Crippen molar-refractivity contribution >= 4 is 17.3 Å². The van der Waals surface area contributed by atoms with Gasteiger partial charge in [-0.3, -0.25) is 4.79 Å². The van der Waals surface area contributed by atoms with Gasteiger partial charge in [0.2, 0.25) is 0 Å². The molecule has 0 radical (unpaired) electrons. The molecule has 1 aliphatic heterocycles. The molecule has 7 heteroatoms. The number of anilines is 2. The Morgan fingerprint density at radius 1 is 1.24 bits per heavy atom. The number of ether oxygens (including phenoxy) is 1. The number of nitrogens with two attached hydrogens (primary N) is 1. The van der Waals surface area contributed by atoms with Crippen LogP contribution in [0, 0.1) is 0 Å². The number of carbonyl (C=O) groups is 1. The van der Waals surface area contributed by atoms with Crippen LogP contribution in [0.15, 0.2) is 48.5 Å². The molecule has 5 nitrogen and oxygen atoms in total. The fourth-order valence-electron chi connectivity index (χ4n) is 2.96. The Kier molecular flexibility index (Phi) is 5.02. The first-order chi connectivity index (χ1) is 12.0. The molecule has 1 saturated heterocycles. The number of hydrogen-bond donors (Lipinski definition) is 2. The topological polar surface area (TPSA) is 67.6 Å². The number of nitrogens with one attached hydrogen (secondary N) is 1. The first kappa shape index (κ1) is 17.0. The smallest absolute Gasteiger partial charge is 0.387 e. The van der Waals surface area contributed by atoms with Gasteiger partial charge in [-0.05, 0) is 36.8 Å². The summed E-state index contributed by atoms with van der Waals surface area (Å²) in [5, 5.41) is 2.96. The highest BCUT2D eigenvalue weighted by molar-refractivity contribution is 5.95. The molecule has 1 unspecified atom stereocenters. The summed E-state index contributed by atoms with van der Waals surface area (Å²) in [4.78, 5) is 14.2. The number of rotatable bonds is 5. The molecule has 1 amide bonds. The third-order valence-corrected chi connectivity index (χ3v) is 4.09. The van der Waals surface area contributed by atoms with Gasteiger partial charge in [0, 0.05) is 30.4 Å². The maximum absolute atomic E-state index is 12.5. The predicted octanol–water partition coefficient (Wildman–Crippen LogP) is 2.88. The van der Waals surface area contributed by atoms with Crippen molar-refractivity contribution in [3.8, 4) is 5.75 Å². The fraction of sp³-hybridized carbons (Fsp3) is 0.278. The number of hydrogen-bond acceptors (Lipinski definition) is 4. The molecule has 3 N–H and O–H groups in total. The highest BCUT2D eigenvalue weighted by Gasteiger charge is 2.26. The molecular formula is C18H19F2N3O2. The van der Waals surface area contributed by atoms with E-state index < -0.39 is 6.61 Å². The van der Waals surface area contributed by atoms with Gasteiger partial charge in [0.1, 0.15) is 5.75 Å². The average molecular weight is 347 g/mol. The van der Waals surface area contributed by atoms with Gasteiger partial charge in [0.15, 0.2) is 0 Å². The Labute approximate surface area is 144 Å². The lowest BCUT2D eigenvalue weighted by molar-refractivity contribution is -0.0495. The van der Waals surface area contributed by atoms with E-state index in [9.17, 15) is 13.6 Å². The van der Waals surface area contributed by atoms with Crippen LogP contribution in [0.4, 0.5) is 20.2 Å². The van der Waals surface area contributed by atoms with E-state index in [2.05, 4.69) is 10.1 Å². The summed E-state index contributed by atoms with van der Waals surface area (Å²) in [6.07, 6.45) is 0.719. The number of nitrogens with zero attached hydrogens (tertiary/aromatic N) is 1. The fourth-order valence-corrected chi connectivity index (χ4v) is 2.96.